The zero-order chi connectivity index (χ0) is 17.8. The lowest BCUT2D eigenvalue weighted by molar-refractivity contribution is 0.251. The lowest BCUT2D eigenvalue weighted by Gasteiger charge is -2.06. The number of nitrogens with one attached hydrogen (secondary N) is 1. The first-order valence-corrected chi connectivity index (χ1v) is 8.78. The number of hydrogen-bond acceptors (Lipinski definition) is 6. The van der Waals surface area contributed by atoms with Crippen molar-refractivity contribution in [1.82, 2.24) is 19.7 Å². The van der Waals surface area contributed by atoms with Crippen molar-refractivity contribution in [3.05, 3.63) is 58.3 Å². The van der Waals surface area contributed by atoms with Crippen LogP contribution in [0, 0.1) is 0 Å². The highest BCUT2D eigenvalue weighted by atomic mass is 35.5. The van der Waals surface area contributed by atoms with Gasteiger partial charge in [0, 0.05) is 23.8 Å². The number of nitrogen functional groups attached to an aromatic ring is 1. The van der Waals surface area contributed by atoms with Gasteiger partial charge in [-0.25, -0.2) is 4.79 Å². The fraction of sp³-hybridized carbons (Fsp3) is 0.0667. The third-order valence-corrected chi connectivity index (χ3v) is 4.71. The lowest BCUT2D eigenvalue weighted by atomic mass is 10.3. The van der Waals surface area contributed by atoms with Gasteiger partial charge in [0.25, 0.3) is 0 Å². The molecular formula is C15H12Cl2N6OS. The maximum absolute atomic E-state index is 12.3. The van der Waals surface area contributed by atoms with Crippen molar-refractivity contribution in [2.45, 2.75) is 10.9 Å². The molecule has 0 atom stereocenters. The number of anilines is 2. The van der Waals surface area contributed by atoms with Gasteiger partial charge in [0.15, 0.2) is 0 Å². The van der Waals surface area contributed by atoms with Crippen LogP contribution in [0.15, 0.2) is 47.9 Å². The number of thioether (sulfide) groups is 1. The van der Waals surface area contributed by atoms with Crippen LogP contribution in [0.2, 0.25) is 10.0 Å². The van der Waals surface area contributed by atoms with Crippen LogP contribution in [0.3, 0.4) is 0 Å². The number of carbonyl (C=O) groups excluding carboxylic acids is 1. The molecule has 2 aromatic heterocycles. The molecule has 0 aliphatic carbocycles. The van der Waals surface area contributed by atoms with Crippen molar-refractivity contribution in [2.75, 3.05) is 11.1 Å². The van der Waals surface area contributed by atoms with Crippen molar-refractivity contribution in [3.63, 3.8) is 0 Å². The van der Waals surface area contributed by atoms with Crippen LogP contribution in [-0.4, -0.2) is 25.8 Å². The molecule has 0 spiro atoms. The molecule has 0 saturated carbocycles. The van der Waals surface area contributed by atoms with E-state index in [1.54, 1.807) is 24.5 Å². The van der Waals surface area contributed by atoms with E-state index in [9.17, 15) is 4.79 Å². The number of nitrogens with zero attached hydrogens (tertiary/aromatic N) is 4. The maximum atomic E-state index is 12.3. The average Bonchev–Trinajstić information content (AvgIpc) is 2.98. The van der Waals surface area contributed by atoms with Crippen molar-refractivity contribution < 1.29 is 4.79 Å². The summed E-state index contributed by atoms with van der Waals surface area (Å²) in [5, 5.41) is 7.87. The maximum Gasteiger partial charge on any atom is 0.349 e. The standard InChI is InChI=1S/C15H12Cl2N6OS/c16-11-4-3-10(6-12(11)17)20-15(24)23-13(18)21-14(22-23)25-8-9-2-1-5-19-7-9/h1-7H,8H2,(H,20,24)(H2,18,21,22). The number of halogens is 2. The van der Waals surface area contributed by atoms with Crippen molar-refractivity contribution in [2.24, 2.45) is 0 Å². The SMILES string of the molecule is Nc1nc(SCc2cccnc2)nn1C(=O)Nc1ccc(Cl)c(Cl)c1. The minimum atomic E-state index is -0.545. The van der Waals surface area contributed by atoms with Crippen molar-refractivity contribution >= 4 is 52.6 Å². The van der Waals surface area contributed by atoms with Gasteiger partial charge >= 0.3 is 6.03 Å². The highest BCUT2D eigenvalue weighted by Crippen LogP contribution is 2.25. The van der Waals surface area contributed by atoms with Crippen LogP contribution < -0.4 is 11.1 Å². The molecule has 7 nitrogen and oxygen atoms in total. The van der Waals surface area contributed by atoms with E-state index in [4.69, 9.17) is 28.9 Å². The number of aromatic nitrogens is 4. The Kier molecular flexibility index (Phi) is 5.42. The topological polar surface area (TPSA) is 98.7 Å². The van der Waals surface area contributed by atoms with E-state index >= 15 is 0 Å². The summed E-state index contributed by atoms with van der Waals surface area (Å²) in [6, 6.07) is 7.98. The molecule has 0 aliphatic heterocycles. The van der Waals surface area contributed by atoms with Crippen molar-refractivity contribution in [3.8, 4) is 0 Å². The second-order valence-corrected chi connectivity index (χ2v) is 6.63. The molecule has 0 saturated heterocycles. The Morgan fingerprint density at radius 3 is 2.84 bits per heavy atom. The molecule has 0 fully saturated rings. The smallest absolute Gasteiger partial charge is 0.349 e. The molecule has 0 aliphatic rings. The monoisotopic (exact) mass is 394 g/mol. The van der Waals surface area contributed by atoms with E-state index in [1.165, 1.54) is 17.8 Å². The predicted molar refractivity (Wildman–Crippen MR) is 99.1 cm³/mol. The fourth-order valence-electron chi connectivity index (χ4n) is 1.90. The van der Waals surface area contributed by atoms with Gasteiger partial charge in [-0.2, -0.15) is 4.98 Å². The van der Waals surface area contributed by atoms with Gasteiger partial charge in [-0.3, -0.25) is 4.98 Å². The number of carbonyl (C=O) groups is 1. The highest BCUT2D eigenvalue weighted by molar-refractivity contribution is 7.98. The van der Waals surface area contributed by atoms with Crippen LogP contribution in [0.1, 0.15) is 5.56 Å². The van der Waals surface area contributed by atoms with Gasteiger partial charge in [-0.05, 0) is 29.8 Å². The van der Waals surface area contributed by atoms with Crippen LogP contribution >= 0.6 is 35.0 Å². The quantitative estimate of drug-likeness (QED) is 0.650. The third-order valence-electron chi connectivity index (χ3n) is 3.07. The molecule has 1 aromatic carbocycles. The van der Waals surface area contributed by atoms with E-state index in [0.717, 1.165) is 10.2 Å². The van der Waals surface area contributed by atoms with E-state index in [1.807, 2.05) is 12.1 Å². The van der Waals surface area contributed by atoms with E-state index < -0.39 is 6.03 Å². The predicted octanol–water partition coefficient (Wildman–Crippen LogP) is 3.93. The summed E-state index contributed by atoms with van der Waals surface area (Å²) in [5.41, 5.74) is 7.26. The van der Waals surface area contributed by atoms with E-state index in [2.05, 4.69) is 20.4 Å². The summed E-state index contributed by atoms with van der Waals surface area (Å²) in [6.07, 6.45) is 3.46. The average molecular weight is 395 g/mol. The molecule has 0 unspecified atom stereocenters. The molecule has 25 heavy (non-hydrogen) atoms. The Balaban J connectivity index is 1.68. The van der Waals surface area contributed by atoms with Crippen LogP contribution in [0.5, 0.6) is 0 Å². The summed E-state index contributed by atoms with van der Waals surface area (Å²) in [4.78, 5) is 20.4. The van der Waals surface area contributed by atoms with Gasteiger partial charge in [-0.1, -0.05) is 41.0 Å². The molecule has 128 valence electrons. The highest BCUT2D eigenvalue weighted by Gasteiger charge is 2.15. The van der Waals surface area contributed by atoms with Gasteiger partial charge in [-0.15, -0.1) is 9.78 Å². The summed E-state index contributed by atoms with van der Waals surface area (Å²) in [7, 11) is 0. The molecule has 2 heterocycles. The second kappa shape index (κ2) is 7.73. The molecule has 3 N–H and O–H groups in total. The molecule has 3 rings (SSSR count). The van der Waals surface area contributed by atoms with Gasteiger partial charge in [0.1, 0.15) is 0 Å². The van der Waals surface area contributed by atoms with Crippen LogP contribution in [-0.2, 0) is 5.75 Å². The molecule has 0 bridgehead atoms. The molecule has 3 aromatic rings. The normalized spacial score (nSPS) is 10.6. The minimum Gasteiger partial charge on any atom is -0.368 e. The number of hydrogen-bond donors (Lipinski definition) is 2. The first-order valence-electron chi connectivity index (χ1n) is 7.03. The van der Waals surface area contributed by atoms with Crippen molar-refractivity contribution in [1.29, 1.82) is 0 Å². The van der Waals surface area contributed by atoms with E-state index in [0.29, 0.717) is 26.6 Å². The summed E-state index contributed by atoms with van der Waals surface area (Å²) >= 11 is 13.1. The summed E-state index contributed by atoms with van der Waals surface area (Å²) in [6.45, 7) is 0. The zero-order valence-corrected chi connectivity index (χ0v) is 15.0. The second-order valence-electron chi connectivity index (χ2n) is 4.87. The molecule has 1 amide bonds. The largest absolute Gasteiger partial charge is 0.368 e. The Hall–Kier alpha value is -2.29. The number of nitrogens with two attached hydrogens (primary N) is 1. The Morgan fingerprint density at radius 1 is 1.28 bits per heavy atom. The molecule has 0 radical (unpaired) electrons. The fourth-order valence-corrected chi connectivity index (χ4v) is 2.96. The number of benzene rings is 1. The first kappa shape index (κ1) is 17.5. The summed E-state index contributed by atoms with van der Waals surface area (Å²) in [5.74, 6) is 0.609. The third kappa shape index (κ3) is 4.41. The molecular weight excluding hydrogens is 383 g/mol. The van der Waals surface area contributed by atoms with E-state index in [-0.39, 0.29) is 5.95 Å². The van der Waals surface area contributed by atoms with Crippen LogP contribution in [0.4, 0.5) is 16.4 Å². The number of rotatable bonds is 4. The summed E-state index contributed by atoms with van der Waals surface area (Å²) < 4.78 is 0.994. The first-order chi connectivity index (χ1) is 12.0. The molecule has 10 heteroatoms. The Labute approximate surface area is 157 Å². The Morgan fingerprint density at radius 2 is 2.12 bits per heavy atom. The lowest BCUT2D eigenvalue weighted by Crippen LogP contribution is -2.22. The van der Waals surface area contributed by atoms with Gasteiger partial charge < -0.3 is 11.1 Å². The van der Waals surface area contributed by atoms with Gasteiger partial charge in [0.2, 0.25) is 11.1 Å². The Bertz CT molecular complexity index is 902. The zero-order valence-electron chi connectivity index (χ0n) is 12.7. The van der Waals surface area contributed by atoms with Crippen LogP contribution in [0.25, 0.3) is 0 Å². The van der Waals surface area contributed by atoms with Gasteiger partial charge in [0.05, 0.1) is 10.0 Å². The number of pyridine rings is 1. The number of amides is 1. The minimum absolute atomic E-state index is 0.00810.